The van der Waals surface area contributed by atoms with Crippen LogP contribution in [0.1, 0.15) is 32.1 Å². The van der Waals surface area contributed by atoms with Crippen LogP contribution in [0, 0.1) is 5.92 Å². The Labute approximate surface area is 109 Å². The molecule has 0 bridgehead atoms. The van der Waals surface area contributed by atoms with Crippen molar-refractivity contribution >= 4 is 17.7 Å². The van der Waals surface area contributed by atoms with E-state index in [1.54, 1.807) is 0 Å². The first-order valence-electron chi connectivity index (χ1n) is 6.11. The quantitative estimate of drug-likeness (QED) is 0.646. The van der Waals surface area contributed by atoms with Gasteiger partial charge in [0, 0.05) is 17.5 Å². The van der Waals surface area contributed by atoms with Gasteiger partial charge in [0.15, 0.2) is 5.16 Å². The lowest BCUT2D eigenvalue weighted by Gasteiger charge is -2.19. The van der Waals surface area contributed by atoms with E-state index in [4.69, 9.17) is 0 Å². The first-order chi connectivity index (χ1) is 8.66. The van der Waals surface area contributed by atoms with Gasteiger partial charge in [0.1, 0.15) is 0 Å². The van der Waals surface area contributed by atoms with Crippen molar-refractivity contribution in [3.63, 3.8) is 0 Å². The van der Waals surface area contributed by atoms with E-state index in [0.717, 1.165) is 25.7 Å². The molecule has 0 amide bonds. The molecular weight excluding hydrogens is 252 g/mol. The van der Waals surface area contributed by atoms with Crippen LogP contribution in [0.15, 0.2) is 22.2 Å². The Morgan fingerprint density at radius 3 is 2.89 bits per heavy atom. The van der Waals surface area contributed by atoms with E-state index in [1.807, 2.05) is 0 Å². The molecule has 2 atom stereocenters. The fourth-order valence-electron chi connectivity index (χ4n) is 2.25. The molecule has 1 aromatic heterocycles. The highest BCUT2D eigenvalue weighted by molar-refractivity contribution is 7.99. The van der Waals surface area contributed by atoms with Crippen LogP contribution in [0.3, 0.4) is 0 Å². The molecule has 0 aromatic carbocycles. The third-order valence-electron chi connectivity index (χ3n) is 3.18. The number of nitrogens with one attached hydrogen (secondary N) is 1. The van der Waals surface area contributed by atoms with Gasteiger partial charge in [-0.1, -0.05) is 31.0 Å². The molecule has 2 rings (SSSR count). The standard InChI is InChI=1S/C12H16N2O3S/c15-10-6-7-13-12(14-10)18-9-5-3-1-2-4-8(9)11(16)17/h6-9H,1-5H2,(H,16,17)(H,13,14,15). The number of aliphatic carboxylic acids is 1. The van der Waals surface area contributed by atoms with Gasteiger partial charge in [-0.25, -0.2) is 4.98 Å². The maximum absolute atomic E-state index is 11.3. The number of rotatable bonds is 3. The van der Waals surface area contributed by atoms with Crippen molar-refractivity contribution in [3.05, 3.63) is 22.6 Å². The van der Waals surface area contributed by atoms with E-state index in [2.05, 4.69) is 9.97 Å². The van der Waals surface area contributed by atoms with E-state index < -0.39 is 5.97 Å². The van der Waals surface area contributed by atoms with Crippen molar-refractivity contribution in [1.82, 2.24) is 9.97 Å². The van der Waals surface area contributed by atoms with Gasteiger partial charge in [0.05, 0.1) is 5.92 Å². The normalized spacial score (nSPS) is 24.4. The molecule has 0 radical (unpaired) electrons. The van der Waals surface area contributed by atoms with E-state index in [0.29, 0.717) is 11.6 Å². The SMILES string of the molecule is O=C(O)C1CCCCCC1Sc1nccc(=O)[nH]1. The molecule has 1 saturated carbocycles. The van der Waals surface area contributed by atoms with Gasteiger partial charge in [0.2, 0.25) is 0 Å². The number of hydrogen-bond donors (Lipinski definition) is 2. The van der Waals surface area contributed by atoms with Crippen LogP contribution in [0.4, 0.5) is 0 Å². The van der Waals surface area contributed by atoms with Gasteiger partial charge < -0.3 is 10.1 Å². The number of nitrogens with zero attached hydrogens (tertiary/aromatic N) is 1. The maximum atomic E-state index is 11.3. The van der Waals surface area contributed by atoms with Crippen molar-refractivity contribution in [2.75, 3.05) is 0 Å². The van der Waals surface area contributed by atoms with Crippen LogP contribution >= 0.6 is 11.8 Å². The molecule has 0 saturated heterocycles. The molecule has 0 aliphatic heterocycles. The highest BCUT2D eigenvalue weighted by Gasteiger charge is 2.30. The van der Waals surface area contributed by atoms with Crippen LogP contribution in [0.2, 0.25) is 0 Å². The monoisotopic (exact) mass is 268 g/mol. The summed E-state index contributed by atoms with van der Waals surface area (Å²) in [6.07, 6.45) is 6.11. The molecule has 1 fully saturated rings. The van der Waals surface area contributed by atoms with Crippen LogP contribution < -0.4 is 5.56 Å². The zero-order valence-electron chi connectivity index (χ0n) is 9.96. The van der Waals surface area contributed by atoms with Crippen LogP contribution in [0.5, 0.6) is 0 Å². The van der Waals surface area contributed by atoms with Crippen molar-refractivity contribution < 1.29 is 9.90 Å². The Kier molecular flexibility index (Phi) is 4.41. The summed E-state index contributed by atoms with van der Waals surface area (Å²) in [4.78, 5) is 29.2. The van der Waals surface area contributed by atoms with Crippen LogP contribution in [-0.2, 0) is 4.79 Å². The van der Waals surface area contributed by atoms with Gasteiger partial charge in [-0.3, -0.25) is 9.59 Å². The Morgan fingerprint density at radius 2 is 2.17 bits per heavy atom. The van der Waals surface area contributed by atoms with E-state index >= 15 is 0 Å². The summed E-state index contributed by atoms with van der Waals surface area (Å²) in [5.41, 5.74) is -0.201. The lowest BCUT2D eigenvalue weighted by atomic mass is 10.0. The number of aromatic amines is 1. The van der Waals surface area contributed by atoms with Gasteiger partial charge in [-0.05, 0) is 12.8 Å². The Balaban J connectivity index is 2.13. The molecule has 1 aliphatic rings. The summed E-state index contributed by atoms with van der Waals surface area (Å²) < 4.78 is 0. The zero-order valence-corrected chi connectivity index (χ0v) is 10.8. The summed E-state index contributed by atoms with van der Waals surface area (Å²) in [6.45, 7) is 0. The average molecular weight is 268 g/mol. The van der Waals surface area contributed by atoms with E-state index in [-0.39, 0.29) is 16.7 Å². The first-order valence-corrected chi connectivity index (χ1v) is 6.99. The minimum absolute atomic E-state index is 0.00412. The number of aromatic nitrogens is 2. The lowest BCUT2D eigenvalue weighted by Crippen LogP contribution is -2.25. The Hall–Kier alpha value is -1.30. The molecular formula is C12H16N2O3S. The number of carbonyl (C=O) groups is 1. The highest BCUT2D eigenvalue weighted by atomic mass is 32.2. The topological polar surface area (TPSA) is 83.0 Å². The largest absolute Gasteiger partial charge is 0.481 e. The van der Waals surface area contributed by atoms with Crippen LogP contribution in [-0.4, -0.2) is 26.3 Å². The molecule has 5 nitrogen and oxygen atoms in total. The second kappa shape index (κ2) is 6.04. The number of H-pyrrole nitrogens is 1. The highest BCUT2D eigenvalue weighted by Crippen LogP contribution is 2.34. The second-order valence-electron chi connectivity index (χ2n) is 4.48. The predicted octanol–water partition coefficient (Wildman–Crippen LogP) is 1.90. The number of carboxylic acids is 1. The number of carboxylic acid groups (broad SMARTS) is 1. The molecule has 1 heterocycles. The molecule has 1 aliphatic carbocycles. The predicted molar refractivity (Wildman–Crippen MR) is 68.7 cm³/mol. The second-order valence-corrected chi connectivity index (χ2v) is 5.71. The van der Waals surface area contributed by atoms with Crippen molar-refractivity contribution in [2.24, 2.45) is 5.92 Å². The van der Waals surface area contributed by atoms with Gasteiger partial charge in [0.25, 0.3) is 5.56 Å². The average Bonchev–Trinajstić information content (AvgIpc) is 2.54. The molecule has 6 heteroatoms. The third kappa shape index (κ3) is 3.35. The third-order valence-corrected chi connectivity index (χ3v) is 4.48. The van der Waals surface area contributed by atoms with Crippen molar-refractivity contribution in [1.29, 1.82) is 0 Å². The van der Waals surface area contributed by atoms with Crippen molar-refractivity contribution in [3.8, 4) is 0 Å². The lowest BCUT2D eigenvalue weighted by molar-refractivity contribution is -0.141. The molecule has 2 N–H and O–H groups in total. The summed E-state index contributed by atoms with van der Waals surface area (Å²) in [7, 11) is 0. The Morgan fingerprint density at radius 1 is 1.39 bits per heavy atom. The fraction of sp³-hybridized carbons (Fsp3) is 0.583. The summed E-state index contributed by atoms with van der Waals surface area (Å²) in [5.74, 6) is -1.09. The molecule has 2 unspecified atom stereocenters. The maximum Gasteiger partial charge on any atom is 0.307 e. The first kappa shape index (κ1) is 13.1. The summed E-state index contributed by atoms with van der Waals surface area (Å²) >= 11 is 1.38. The zero-order chi connectivity index (χ0) is 13.0. The molecule has 18 heavy (non-hydrogen) atoms. The van der Waals surface area contributed by atoms with E-state index in [9.17, 15) is 14.7 Å². The summed E-state index contributed by atoms with van der Waals surface area (Å²) in [6, 6.07) is 1.35. The molecule has 0 spiro atoms. The van der Waals surface area contributed by atoms with Gasteiger partial charge >= 0.3 is 5.97 Å². The molecule has 98 valence electrons. The van der Waals surface area contributed by atoms with Gasteiger partial charge in [-0.15, -0.1) is 0 Å². The minimum Gasteiger partial charge on any atom is -0.481 e. The Bertz CT molecular complexity index is 474. The minimum atomic E-state index is -0.743. The van der Waals surface area contributed by atoms with Crippen molar-refractivity contribution in [2.45, 2.75) is 42.5 Å². The number of hydrogen-bond acceptors (Lipinski definition) is 4. The van der Waals surface area contributed by atoms with Gasteiger partial charge in [-0.2, -0.15) is 0 Å². The van der Waals surface area contributed by atoms with Crippen LogP contribution in [0.25, 0.3) is 0 Å². The van der Waals surface area contributed by atoms with E-state index in [1.165, 1.54) is 24.0 Å². The fourth-order valence-corrected chi connectivity index (χ4v) is 3.52. The molecule has 1 aromatic rings. The summed E-state index contributed by atoms with van der Waals surface area (Å²) in [5, 5.41) is 9.77. The number of thioether (sulfide) groups is 1. The smallest absolute Gasteiger partial charge is 0.307 e.